The zero-order valence-corrected chi connectivity index (χ0v) is 14.6. The maximum absolute atomic E-state index is 12.6. The van der Waals surface area contributed by atoms with Crippen molar-refractivity contribution < 1.29 is 9.53 Å². The molecular formula is C20H24N2O2. The average Bonchev–Trinajstić information content (AvgIpc) is 2.58. The van der Waals surface area contributed by atoms with Crippen LogP contribution in [-0.4, -0.2) is 24.1 Å². The van der Waals surface area contributed by atoms with Crippen LogP contribution in [0.25, 0.3) is 0 Å². The van der Waals surface area contributed by atoms with Crippen molar-refractivity contribution >= 4 is 11.7 Å². The molecule has 2 aromatic rings. The number of carbonyl (C=O) groups is 1. The van der Waals surface area contributed by atoms with Crippen molar-refractivity contribution in [2.24, 2.45) is 0 Å². The number of ether oxygens (including phenoxy) is 1. The van der Waals surface area contributed by atoms with Gasteiger partial charge in [0.05, 0.1) is 6.61 Å². The summed E-state index contributed by atoms with van der Waals surface area (Å²) in [4.78, 5) is 14.4. The fraction of sp³-hybridized carbons (Fsp3) is 0.350. The first-order valence-corrected chi connectivity index (χ1v) is 8.44. The summed E-state index contributed by atoms with van der Waals surface area (Å²) >= 11 is 0. The molecule has 126 valence electrons. The molecule has 0 atom stereocenters. The summed E-state index contributed by atoms with van der Waals surface area (Å²) < 4.78 is 5.57. The number of rotatable bonds is 3. The van der Waals surface area contributed by atoms with Gasteiger partial charge in [0.1, 0.15) is 5.75 Å². The Labute approximate surface area is 143 Å². The van der Waals surface area contributed by atoms with E-state index in [1.165, 1.54) is 22.3 Å². The Bertz CT molecular complexity index is 755. The number of benzene rings is 2. The van der Waals surface area contributed by atoms with Crippen LogP contribution in [0.1, 0.15) is 29.2 Å². The second kappa shape index (κ2) is 6.95. The van der Waals surface area contributed by atoms with Crippen LogP contribution in [0.4, 0.5) is 10.5 Å². The lowest BCUT2D eigenvalue weighted by Gasteiger charge is -2.29. The van der Waals surface area contributed by atoms with Gasteiger partial charge in [0, 0.05) is 18.8 Å². The van der Waals surface area contributed by atoms with Gasteiger partial charge in [-0.2, -0.15) is 0 Å². The lowest BCUT2D eigenvalue weighted by molar-refractivity contribution is 0.206. The first-order chi connectivity index (χ1) is 11.6. The maximum atomic E-state index is 12.6. The van der Waals surface area contributed by atoms with Crippen molar-refractivity contribution in [3.05, 3.63) is 58.7 Å². The number of hydrogen-bond acceptors (Lipinski definition) is 2. The highest BCUT2D eigenvalue weighted by Gasteiger charge is 2.21. The molecule has 0 aromatic heterocycles. The van der Waals surface area contributed by atoms with Gasteiger partial charge in [-0.15, -0.1) is 0 Å². The van der Waals surface area contributed by atoms with E-state index >= 15 is 0 Å². The standard InChI is InChI=1S/C20H24N2O2/c1-4-24-19-8-6-16-9-10-22(13-17(16)12-19)20(23)21-18-7-5-14(2)15(3)11-18/h5-8,11-12H,4,9-10,13H2,1-3H3,(H,21,23). The molecule has 4 nitrogen and oxygen atoms in total. The highest BCUT2D eigenvalue weighted by Crippen LogP contribution is 2.24. The van der Waals surface area contributed by atoms with E-state index < -0.39 is 0 Å². The fourth-order valence-electron chi connectivity index (χ4n) is 2.98. The zero-order valence-electron chi connectivity index (χ0n) is 14.6. The summed E-state index contributed by atoms with van der Waals surface area (Å²) in [5.74, 6) is 0.868. The summed E-state index contributed by atoms with van der Waals surface area (Å²) in [5.41, 5.74) is 5.72. The highest BCUT2D eigenvalue weighted by atomic mass is 16.5. The topological polar surface area (TPSA) is 41.6 Å². The Morgan fingerprint density at radius 3 is 2.71 bits per heavy atom. The summed E-state index contributed by atoms with van der Waals surface area (Å²) in [6, 6.07) is 12.1. The molecule has 0 aliphatic carbocycles. The number of anilines is 1. The van der Waals surface area contributed by atoms with Gasteiger partial charge < -0.3 is 15.0 Å². The predicted molar refractivity (Wildman–Crippen MR) is 96.7 cm³/mol. The monoisotopic (exact) mass is 324 g/mol. The molecule has 0 unspecified atom stereocenters. The third kappa shape index (κ3) is 3.53. The van der Waals surface area contributed by atoms with Gasteiger partial charge in [0.15, 0.2) is 0 Å². The Balaban J connectivity index is 1.70. The lowest BCUT2D eigenvalue weighted by atomic mass is 10.00. The van der Waals surface area contributed by atoms with Crippen molar-refractivity contribution in [1.82, 2.24) is 4.90 Å². The summed E-state index contributed by atoms with van der Waals surface area (Å²) in [6.45, 7) is 8.10. The Morgan fingerprint density at radius 2 is 1.96 bits per heavy atom. The van der Waals surface area contributed by atoms with Crippen LogP contribution in [0.2, 0.25) is 0 Å². The van der Waals surface area contributed by atoms with Crippen molar-refractivity contribution in [3.8, 4) is 5.75 Å². The van der Waals surface area contributed by atoms with E-state index in [1.807, 2.05) is 42.2 Å². The number of urea groups is 1. The predicted octanol–water partition coefficient (Wildman–Crippen LogP) is 4.29. The number of fused-ring (bicyclic) bond motifs is 1. The van der Waals surface area contributed by atoms with Gasteiger partial charge >= 0.3 is 6.03 Å². The largest absolute Gasteiger partial charge is 0.494 e. The number of carbonyl (C=O) groups excluding carboxylic acids is 1. The van der Waals surface area contributed by atoms with E-state index in [1.54, 1.807) is 0 Å². The minimum absolute atomic E-state index is 0.0503. The summed E-state index contributed by atoms with van der Waals surface area (Å²) in [7, 11) is 0. The molecule has 0 fully saturated rings. The third-order valence-electron chi connectivity index (χ3n) is 4.55. The first-order valence-electron chi connectivity index (χ1n) is 8.44. The van der Waals surface area contributed by atoms with Crippen LogP contribution in [0.5, 0.6) is 5.75 Å². The second-order valence-corrected chi connectivity index (χ2v) is 6.26. The third-order valence-corrected chi connectivity index (χ3v) is 4.55. The van der Waals surface area contributed by atoms with Gasteiger partial charge in [-0.25, -0.2) is 4.79 Å². The van der Waals surface area contributed by atoms with Crippen LogP contribution in [0.3, 0.4) is 0 Å². The number of nitrogens with zero attached hydrogens (tertiary/aromatic N) is 1. The van der Waals surface area contributed by atoms with Gasteiger partial charge in [0.25, 0.3) is 0 Å². The normalized spacial score (nSPS) is 13.4. The minimum Gasteiger partial charge on any atom is -0.494 e. The average molecular weight is 324 g/mol. The molecule has 0 saturated carbocycles. The van der Waals surface area contributed by atoms with E-state index in [4.69, 9.17) is 4.74 Å². The fourth-order valence-corrected chi connectivity index (χ4v) is 2.98. The maximum Gasteiger partial charge on any atom is 0.322 e. The molecule has 2 aromatic carbocycles. The van der Waals surface area contributed by atoms with Gasteiger partial charge in [0.2, 0.25) is 0 Å². The lowest BCUT2D eigenvalue weighted by Crippen LogP contribution is -2.38. The highest BCUT2D eigenvalue weighted by molar-refractivity contribution is 5.89. The second-order valence-electron chi connectivity index (χ2n) is 6.26. The van der Waals surface area contributed by atoms with Crippen molar-refractivity contribution in [2.75, 3.05) is 18.5 Å². The number of nitrogens with one attached hydrogen (secondary N) is 1. The van der Waals surface area contributed by atoms with Crippen molar-refractivity contribution in [2.45, 2.75) is 33.7 Å². The SMILES string of the molecule is CCOc1ccc2c(c1)CN(C(=O)Nc1ccc(C)c(C)c1)CC2. The summed E-state index contributed by atoms with van der Waals surface area (Å²) in [6.07, 6.45) is 0.877. The van der Waals surface area contributed by atoms with Crippen molar-refractivity contribution in [3.63, 3.8) is 0 Å². The minimum atomic E-state index is -0.0503. The van der Waals surface area contributed by atoms with Gasteiger partial charge in [-0.3, -0.25) is 0 Å². The molecule has 0 spiro atoms. The number of aryl methyl sites for hydroxylation is 2. The molecule has 2 amide bonds. The number of amides is 2. The quantitative estimate of drug-likeness (QED) is 0.915. The summed E-state index contributed by atoms with van der Waals surface area (Å²) in [5, 5.41) is 3.01. The van der Waals surface area contributed by atoms with E-state index in [0.717, 1.165) is 24.4 Å². The van der Waals surface area contributed by atoms with Crippen LogP contribution in [0.15, 0.2) is 36.4 Å². The molecule has 24 heavy (non-hydrogen) atoms. The van der Waals surface area contributed by atoms with Crippen LogP contribution < -0.4 is 10.1 Å². The molecule has 0 saturated heterocycles. The van der Waals surface area contributed by atoms with Crippen molar-refractivity contribution in [1.29, 1.82) is 0 Å². The van der Waals surface area contributed by atoms with E-state index in [-0.39, 0.29) is 6.03 Å². The Kier molecular flexibility index (Phi) is 4.74. The van der Waals surface area contributed by atoms with E-state index in [9.17, 15) is 4.79 Å². The molecule has 1 heterocycles. The molecular weight excluding hydrogens is 300 g/mol. The van der Waals surface area contributed by atoms with Crippen LogP contribution >= 0.6 is 0 Å². The Morgan fingerprint density at radius 1 is 1.12 bits per heavy atom. The van der Waals surface area contributed by atoms with Gasteiger partial charge in [-0.1, -0.05) is 12.1 Å². The van der Waals surface area contributed by atoms with Crippen LogP contribution in [0, 0.1) is 13.8 Å². The molecule has 1 aliphatic heterocycles. The first kappa shape index (κ1) is 16.4. The number of hydrogen-bond donors (Lipinski definition) is 1. The molecule has 4 heteroatoms. The van der Waals surface area contributed by atoms with Crippen LogP contribution in [-0.2, 0) is 13.0 Å². The smallest absolute Gasteiger partial charge is 0.322 e. The van der Waals surface area contributed by atoms with E-state index in [0.29, 0.717) is 13.2 Å². The zero-order chi connectivity index (χ0) is 17.1. The molecule has 0 radical (unpaired) electrons. The molecule has 0 bridgehead atoms. The van der Waals surface area contributed by atoms with Gasteiger partial charge in [-0.05, 0) is 73.7 Å². The Hall–Kier alpha value is -2.49. The molecule has 3 rings (SSSR count). The molecule has 1 aliphatic rings. The van der Waals surface area contributed by atoms with E-state index in [2.05, 4.69) is 25.2 Å². The molecule has 1 N–H and O–H groups in total.